The van der Waals surface area contributed by atoms with Gasteiger partial charge in [-0.05, 0) is 31.2 Å². The van der Waals surface area contributed by atoms with Gasteiger partial charge in [-0.1, -0.05) is 0 Å². The molecule has 0 N–H and O–H groups in total. The van der Waals surface area contributed by atoms with Gasteiger partial charge in [0, 0.05) is 17.3 Å². The molecule has 0 radical (unpaired) electrons. The second-order valence-electron chi connectivity index (χ2n) is 4.32. The molecule has 0 fully saturated rings. The largest absolute Gasteiger partial charge is 0.465 e. The zero-order valence-corrected chi connectivity index (χ0v) is 11.1. The molecule has 0 spiro atoms. The highest BCUT2D eigenvalue weighted by Crippen LogP contribution is 2.18. The normalized spacial score (nSPS) is 10.7. The van der Waals surface area contributed by atoms with E-state index in [1.54, 1.807) is 35.3 Å². The fourth-order valence-corrected chi connectivity index (χ4v) is 1.97. The van der Waals surface area contributed by atoms with Crippen molar-refractivity contribution in [3.8, 4) is 5.95 Å². The van der Waals surface area contributed by atoms with E-state index in [9.17, 15) is 4.79 Å². The molecule has 0 saturated carbocycles. The first-order chi connectivity index (χ1) is 9.69. The van der Waals surface area contributed by atoms with Gasteiger partial charge in [0.15, 0.2) is 0 Å². The van der Waals surface area contributed by atoms with Crippen LogP contribution in [0.3, 0.4) is 0 Å². The molecule has 0 unspecified atom stereocenters. The Labute approximate surface area is 115 Å². The van der Waals surface area contributed by atoms with Crippen LogP contribution in [0.25, 0.3) is 16.9 Å². The van der Waals surface area contributed by atoms with E-state index in [0.29, 0.717) is 11.5 Å². The molecule has 0 aliphatic rings. The molecule has 0 atom stereocenters. The van der Waals surface area contributed by atoms with Crippen LogP contribution in [-0.4, -0.2) is 32.8 Å². The van der Waals surface area contributed by atoms with Crippen LogP contribution in [0.1, 0.15) is 16.1 Å². The van der Waals surface area contributed by atoms with Crippen molar-refractivity contribution in [2.75, 3.05) is 7.11 Å². The van der Waals surface area contributed by atoms with Gasteiger partial charge in [-0.25, -0.2) is 14.8 Å². The Morgan fingerprint density at radius 2 is 2.15 bits per heavy atom. The maximum Gasteiger partial charge on any atom is 0.337 e. The van der Waals surface area contributed by atoms with Gasteiger partial charge in [0.05, 0.1) is 24.4 Å². The summed E-state index contributed by atoms with van der Waals surface area (Å²) in [6.45, 7) is 1.90. The molecule has 0 bridgehead atoms. The molecule has 20 heavy (non-hydrogen) atoms. The first-order valence-electron chi connectivity index (χ1n) is 6.05. The molecule has 0 amide bonds. The number of fused-ring (bicyclic) bond motifs is 1. The Kier molecular flexibility index (Phi) is 2.90. The minimum absolute atomic E-state index is 0.369. The van der Waals surface area contributed by atoms with Crippen molar-refractivity contribution in [1.29, 1.82) is 0 Å². The van der Waals surface area contributed by atoms with Crippen LogP contribution in [0.4, 0.5) is 0 Å². The fourth-order valence-electron chi connectivity index (χ4n) is 1.97. The minimum atomic E-state index is -0.369. The molecule has 0 saturated heterocycles. The molecular weight excluding hydrogens is 256 g/mol. The van der Waals surface area contributed by atoms with Crippen LogP contribution < -0.4 is 0 Å². The lowest BCUT2D eigenvalue weighted by Crippen LogP contribution is -2.04. The number of methoxy groups -OCH3 is 1. The fraction of sp³-hybridized carbons (Fsp3) is 0.143. The monoisotopic (exact) mass is 268 g/mol. The van der Waals surface area contributed by atoms with Crippen LogP contribution in [0, 0.1) is 6.92 Å². The highest BCUT2D eigenvalue weighted by molar-refractivity contribution is 5.94. The van der Waals surface area contributed by atoms with E-state index in [-0.39, 0.29) is 5.97 Å². The second-order valence-corrected chi connectivity index (χ2v) is 4.32. The molecule has 1 aromatic carbocycles. The Morgan fingerprint density at radius 1 is 1.30 bits per heavy atom. The third-order valence-corrected chi connectivity index (χ3v) is 2.96. The highest BCUT2D eigenvalue weighted by Gasteiger charge is 2.11. The zero-order valence-electron chi connectivity index (χ0n) is 11.1. The van der Waals surface area contributed by atoms with Gasteiger partial charge in [0.2, 0.25) is 0 Å². The van der Waals surface area contributed by atoms with E-state index >= 15 is 0 Å². The summed E-state index contributed by atoms with van der Waals surface area (Å²) in [4.78, 5) is 20.0. The third kappa shape index (κ3) is 2.01. The average Bonchev–Trinajstić information content (AvgIpc) is 2.89. The number of ether oxygens (including phenoxy) is 1. The topological polar surface area (TPSA) is 69.9 Å². The number of rotatable bonds is 2. The maximum absolute atomic E-state index is 11.5. The number of nitrogens with zero attached hydrogens (tertiary/aromatic N) is 4. The number of carbonyl (C=O) groups is 1. The average molecular weight is 268 g/mol. The maximum atomic E-state index is 11.5. The van der Waals surface area contributed by atoms with Crippen LogP contribution in [0.15, 0.2) is 36.7 Å². The SMILES string of the molecule is COC(=O)c1ccc2c(cnn2-c2nccc(C)n2)c1. The predicted molar refractivity (Wildman–Crippen MR) is 72.7 cm³/mol. The van der Waals surface area contributed by atoms with Crippen molar-refractivity contribution in [3.63, 3.8) is 0 Å². The van der Waals surface area contributed by atoms with E-state index in [0.717, 1.165) is 16.6 Å². The summed E-state index contributed by atoms with van der Waals surface area (Å²) in [5.41, 5.74) is 2.19. The van der Waals surface area contributed by atoms with Crippen molar-refractivity contribution < 1.29 is 9.53 Å². The quantitative estimate of drug-likeness (QED) is 0.664. The minimum Gasteiger partial charge on any atom is -0.465 e. The first-order valence-corrected chi connectivity index (χ1v) is 6.05. The predicted octanol–water partition coefficient (Wildman–Crippen LogP) is 1.91. The number of carbonyl (C=O) groups excluding carboxylic acids is 1. The summed E-state index contributed by atoms with van der Waals surface area (Å²) in [6.07, 6.45) is 3.36. The molecule has 100 valence electrons. The van der Waals surface area contributed by atoms with Crippen LogP contribution >= 0.6 is 0 Å². The summed E-state index contributed by atoms with van der Waals surface area (Å²) in [7, 11) is 1.36. The molecule has 3 aromatic rings. The van der Waals surface area contributed by atoms with E-state index in [2.05, 4.69) is 15.1 Å². The number of aromatic nitrogens is 4. The van der Waals surface area contributed by atoms with E-state index in [1.165, 1.54) is 7.11 Å². The molecule has 0 aliphatic heterocycles. The molecule has 2 aromatic heterocycles. The number of benzene rings is 1. The van der Waals surface area contributed by atoms with E-state index in [4.69, 9.17) is 4.74 Å². The molecule has 3 rings (SSSR count). The standard InChI is InChI=1S/C14H12N4O2/c1-9-5-6-15-14(17-9)18-12-4-3-10(13(19)20-2)7-11(12)8-16-18/h3-8H,1-2H3. The van der Waals surface area contributed by atoms with E-state index < -0.39 is 0 Å². The first kappa shape index (κ1) is 12.3. The highest BCUT2D eigenvalue weighted by atomic mass is 16.5. The molecular formula is C14H12N4O2. The summed E-state index contributed by atoms with van der Waals surface area (Å²) >= 11 is 0. The van der Waals surface area contributed by atoms with Gasteiger partial charge in [0.1, 0.15) is 0 Å². The lowest BCUT2D eigenvalue weighted by Gasteiger charge is -2.03. The van der Waals surface area contributed by atoms with Gasteiger partial charge >= 0.3 is 5.97 Å². The van der Waals surface area contributed by atoms with E-state index in [1.807, 2.05) is 13.0 Å². The molecule has 6 heteroatoms. The van der Waals surface area contributed by atoms with Crippen LogP contribution in [0.5, 0.6) is 0 Å². The second kappa shape index (κ2) is 4.73. The molecule has 2 heterocycles. The van der Waals surface area contributed by atoms with Crippen LogP contribution in [0.2, 0.25) is 0 Å². The van der Waals surface area contributed by atoms with Crippen LogP contribution in [-0.2, 0) is 4.74 Å². The Balaban J connectivity index is 2.13. The number of esters is 1. The summed E-state index contributed by atoms with van der Waals surface area (Å²) in [6, 6.07) is 7.06. The van der Waals surface area contributed by atoms with Gasteiger partial charge < -0.3 is 4.74 Å². The van der Waals surface area contributed by atoms with Crippen molar-refractivity contribution in [1.82, 2.24) is 19.7 Å². The Bertz CT molecular complexity index is 795. The zero-order chi connectivity index (χ0) is 14.1. The van der Waals surface area contributed by atoms with Crippen molar-refractivity contribution in [2.24, 2.45) is 0 Å². The molecule has 0 aliphatic carbocycles. The number of hydrogen-bond donors (Lipinski definition) is 0. The van der Waals surface area contributed by atoms with Gasteiger partial charge in [-0.2, -0.15) is 9.78 Å². The molecule has 6 nitrogen and oxygen atoms in total. The van der Waals surface area contributed by atoms with Crippen molar-refractivity contribution in [3.05, 3.63) is 47.9 Å². The van der Waals surface area contributed by atoms with Gasteiger partial charge in [-0.3, -0.25) is 0 Å². The summed E-state index contributed by atoms with van der Waals surface area (Å²) in [5.74, 6) is 0.136. The smallest absolute Gasteiger partial charge is 0.337 e. The number of hydrogen-bond acceptors (Lipinski definition) is 5. The Morgan fingerprint density at radius 3 is 2.90 bits per heavy atom. The van der Waals surface area contributed by atoms with Gasteiger partial charge in [0.25, 0.3) is 5.95 Å². The van der Waals surface area contributed by atoms with Gasteiger partial charge in [-0.15, -0.1) is 0 Å². The summed E-state index contributed by atoms with van der Waals surface area (Å²) in [5, 5.41) is 5.10. The third-order valence-electron chi connectivity index (χ3n) is 2.96. The van der Waals surface area contributed by atoms with Crippen molar-refractivity contribution >= 4 is 16.9 Å². The summed E-state index contributed by atoms with van der Waals surface area (Å²) < 4.78 is 6.34. The lowest BCUT2D eigenvalue weighted by molar-refractivity contribution is 0.0601. The lowest BCUT2D eigenvalue weighted by atomic mass is 10.1. The van der Waals surface area contributed by atoms with Crippen molar-refractivity contribution in [2.45, 2.75) is 6.92 Å². The Hall–Kier alpha value is -2.76. The number of aryl methyl sites for hydroxylation is 1.